The van der Waals surface area contributed by atoms with E-state index in [1.807, 2.05) is 24.3 Å². The molecule has 30 heavy (non-hydrogen) atoms. The molecule has 2 aliphatic rings. The monoisotopic (exact) mass is 426 g/mol. The van der Waals surface area contributed by atoms with Crippen LogP contribution in [0.1, 0.15) is 39.1 Å². The van der Waals surface area contributed by atoms with Crippen molar-refractivity contribution in [3.05, 3.63) is 58.1 Å². The van der Waals surface area contributed by atoms with E-state index in [1.54, 1.807) is 6.07 Å². The highest BCUT2D eigenvalue weighted by Crippen LogP contribution is 2.39. The highest BCUT2D eigenvalue weighted by atomic mass is 35.5. The Morgan fingerprint density at radius 2 is 1.80 bits per heavy atom. The Hall–Kier alpha value is -3.10. The highest BCUT2D eigenvalue weighted by Gasteiger charge is 2.40. The third-order valence-electron chi connectivity index (χ3n) is 5.53. The predicted molar refractivity (Wildman–Crippen MR) is 117 cm³/mol. The summed E-state index contributed by atoms with van der Waals surface area (Å²) in [5.41, 5.74) is 12.9. The summed E-state index contributed by atoms with van der Waals surface area (Å²) in [6.07, 6.45) is 1.61. The number of primary amides is 2. The number of benzene rings is 2. The van der Waals surface area contributed by atoms with Gasteiger partial charge < -0.3 is 27.4 Å². The molecule has 1 saturated heterocycles. The zero-order valence-electron chi connectivity index (χ0n) is 16.3. The van der Waals surface area contributed by atoms with Gasteiger partial charge in [-0.25, -0.2) is 4.99 Å². The van der Waals surface area contributed by atoms with Crippen molar-refractivity contribution in [2.45, 2.75) is 24.9 Å². The first-order valence-corrected chi connectivity index (χ1v) is 10.1. The summed E-state index contributed by atoms with van der Waals surface area (Å²) in [5, 5.41) is 11.0. The van der Waals surface area contributed by atoms with Gasteiger partial charge in [-0.2, -0.15) is 0 Å². The lowest BCUT2D eigenvalue weighted by atomic mass is 9.84. The molecule has 0 bridgehead atoms. The van der Waals surface area contributed by atoms with Gasteiger partial charge in [0.05, 0.1) is 28.0 Å². The summed E-state index contributed by atoms with van der Waals surface area (Å²) in [5.74, 6) is -0.655. The maximum atomic E-state index is 11.8. The van der Waals surface area contributed by atoms with Crippen molar-refractivity contribution >= 4 is 40.6 Å². The fraction of sp³-hybridized carbons (Fsp3) is 0.286. The number of hydrogen-bond donors (Lipinski definition) is 5. The SMILES string of the molecule is NC(=O)c1cc2c(cc1C(N)=O)NC1(CCNCC1)C(NCc1cccc(Cl)c1)=N2. The zero-order valence-corrected chi connectivity index (χ0v) is 17.1. The standard InChI is InChI=1S/C21H23ClN6O2/c22-13-3-1-2-12(8-13)11-26-20-21(4-6-25-7-5-21)28-17-10-15(19(24)30)14(18(23)29)9-16(17)27-20/h1-3,8-10,25,28H,4-7,11H2,(H2,23,29)(H2,24,30)(H,26,27). The minimum Gasteiger partial charge on any atom is -0.371 e. The summed E-state index contributed by atoms with van der Waals surface area (Å²) in [4.78, 5) is 28.5. The van der Waals surface area contributed by atoms with Crippen LogP contribution in [0.3, 0.4) is 0 Å². The first kappa shape index (κ1) is 20.2. The van der Waals surface area contributed by atoms with E-state index in [4.69, 9.17) is 28.1 Å². The van der Waals surface area contributed by atoms with Crippen LogP contribution in [0.15, 0.2) is 41.4 Å². The average Bonchev–Trinajstić information content (AvgIpc) is 2.72. The maximum Gasteiger partial charge on any atom is 0.249 e. The number of fused-ring (bicyclic) bond motifs is 1. The number of amides is 2. The van der Waals surface area contributed by atoms with E-state index >= 15 is 0 Å². The highest BCUT2D eigenvalue weighted by molar-refractivity contribution is 6.30. The summed E-state index contributed by atoms with van der Waals surface area (Å²) in [7, 11) is 0. The molecule has 2 amide bonds. The van der Waals surface area contributed by atoms with Crippen LogP contribution in [0.5, 0.6) is 0 Å². The van der Waals surface area contributed by atoms with Crippen molar-refractivity contribution in [3.8, 4) is 0 Å². The van der Waals surface area contributed by atoms with Crippen LogP contribution in [0, 0.1) is 0 Å². The second-order valence-electron chi connectivity index (χ2n) is 7.54. The second kappa shape index (κ2) is 7.97. The summed E-state index contributed by atoms with van der Waals surface area (Å²) < 4.78 is 0. The summed E-state index contributed by atoms with van der Waals surface area (Å²) in [6.45, 7) is 2.19. The quantitative estimate of drug-likeness (QED) is 0.509. The van der Waals surface area contributed by atoms with E-state index in [0.717, 1.165) is 37.3 Å². The molecule has 2 heterocycles. The first-order valence-electron chi connectivity index (χ1n) is 9.72. The van der Waals surface area contributed by atoms with Crippen LogP contribution in [-0.4, -0.2) is 36.3 Å². The van der Waals surface area contributed by atoms with Crippen LogP contribution in [-0.2, 0) is 6.54 Å². The number of halogens is 1. The molecule has 9 heteroatoms. The number of nitrogens with two attached hydrogens (primary N) is 2. The van der Waals surface area contributed by atoms with Gasteiger partial charge in [-0.1, -0.05) is 23.7 Å². The second-order valence-corrected chi connectivity index (χ2v) is 7.98. The molecule has 1 spiro atoms. The van der Waals surface area contributed by atoms with Crippen LogP contribution in [0.4, 0.5) is 11.4 Å². The predicted octanol–water partition coefficient (Wildman–Crippen LogP) is 1.91. The van der Waals surface area contributed by atoms with Gasteiger partial charge in [-0.05, 0) is 55.8 Å². The fourth-order valence-electron chi connectivity index (χ4n) is 3.99. The molecule has 0 atom stereocenters. The normalized spacial score (nSPS) is 16.9. The maximum absolute atomic E-state index is 11.8. The number of carbonyl (C=O) groups is 2. The third kappa shape index (κ3) is 3.83. The Labute approximate surface area is 179 Å². The number of rotatable bonds is 4. The molecule has 4 rings (SSSR count). The fourth-order valence-corrected chi connectivity index (χ4v) is 4.20. The Balaban J connectivity index is 1.74. The minimum atomic E-state index is -0.725. The Morgan fingerprint density at radius 3 is 2.47 bits per heavy atom. The number of anilines is 1. The van der Waals surface area contributed by atoms with E-state index in [9.17, 15) is 9.59 Å². The number of nitrogens with zero attached hydrogens (tertiary/aromatic N) is 1. The van der Waals surface area contributed by atoms with Gasteiger partial charge in [0, 0.05) is 11.6 Å². The van der Waals surface area contributed by atoms with Crippen molar-refractivity contribution < 1.29 is 9.59 Å². The van der Waals surface area contributed by atoms with Gasteiger partial charge in [0.1, 0.15) is 5.84 Å². The summed E-state index contributed by atoms with van der Waals surface area (Å²) in [6, 6.07) is 10.7. The molecule has 2 aromatic rings. The average molecular weight is 427 g/mol. The number of aliphatic imine (C=N–C) groups is 1. The lowest BCUT2D eigenvalue weighted by Crippen LogP contribution is -2.58. The molecule has 2 aromatic carbocycles. The lowest BCUT2D eigenvalue weighted by molar-refractivity contribution is 0.0967. The molecule has 0 saturated carbocycles. The molecule has 0 aliphatic carbocycles. The number of nitrogens with one attached hydrogen (secondary N) is 3. The van der Waals surface area contributed by atoms with E-state index in [0.29, 0.717) is 22.9 Å². The number of hydrogen-bond acceptors (Lipinski definition) is 6. The molecule has 0 aromatic heterocycles. The molecule has 7 N–H and O–H groups in total. The Kier molecular flexibility index (Phi) is 5.36. The Bertz CT molecular complexity index is 1050. The van der Waals surface area contributed by atoms with Gasteiger partial charge in [-0.15, -0.1) is 0 Å². The van der Waals surface area contributed by atoms with Gasteiger partial charge >= 0.3 is 0 Å². The van der Waals surface area contributed by atoms with E-state index in [2.05, 4.69) is 16.0 Å². The van der Waals surface area contributed by atoms with Gasteiger partial charge in [0.25, 0.3) is 0 Å². The van der Waals surface area contributed by atoms with Crippen LogP contribution < -0.4 is 27.4 Å². The number of piperidine rings is 1. The molecule has 0 radical (unpaired) electrons. The lowest BCUT2D eigenvalue weighted by Gasteiger charge is -2.43. The van der Waals surface area contributed by atoms with Crippen LogP contribution in [0.25, 0.3) is 0 Å². The number of carbonyl (C=O) groups excluding carboxylic acids is 2. The zero-order chi connectivity index (χ0) is 21.3. The van der Waals surface area contributed by atoms with Gasteiger partial charge in [-0.3, -0.25) is 9.59 Å². The van der Waals surface area contributed by atoms with Crippen molar-refractivity contribution in [2.75, 3.05) is 18.4 Å². The molecule has 156 valence electrons. The molecule has 1 fully saturated rings. The number of amidine groups is 1. The van der Waals surface area contributed by atoms with Crippen molar-refractivity contribution in [1.82, 2.24) is 10.6 Å². The Morgan fingerprint density at radius 1 is 1.10 bits per heavy atom. The topological polar surface area (TPSA) is 135 Å². The van der Waals surface area contributed by atoms with Gasteiger partial charge in [0.2, 0.25) is 11.8 Å². The molecular weight excluding hydrogens is 404 g/mol. The molecule has 8 nitrogen and oxygen atoms in total. The van der Waals surface area contributed by atoms with E-state index < -0.39 is 17.4 Å². The van der Waals surface area contributed by atoms with E-state index in [-0.39, 0.29) is 11.1 Å². The molecule has 0 unspecified atom stereocenters. The van der Waals surface area contributed by atoms with E-state index in [1.165, 1.54) is 6.07 Å². The summed E-state index contributed by atoms with van der Waals surface area (Å²) >= 11 is 6.10. The third-order valence-corrected chi connectivity index (χ3v) is 5.77. The molecular formula is C21H23ClN6O2. The largest absolute Gasteiger partial charge is 0.371 e. The van der Waals surface area contributed by atoms with Crippen molar-refractivity contribution in [1.29, 1.82) is 0 Å². The van der Waals surface area contributed by atoms with Gasteiger partial charge in [0.15, 0.2) is 0 Å². The minimum absolute atomic E-state index is 0.0576. The molecule has 2 aliphatic heterocycles. The first-order chi connectivity index (χ1) is 14.4. The van der Waals surface area contributed by atoms with Crippen LogP contribution in [0.2, 0.25) is 5.02 Å². The van der Waals surface area contributed by atoms with Crippen molar-refractivity contribution in [2.24, 2.45) is 16.5 Å². The van der Waals surface area contributed by atoms with Crippen LogP contribution >= 0.6 is 11.6 Å². The smallest absolute Gasteiger partial charge is 0.249 e. The van der Waals surface area contributed by atoms with Crippen molar-refractivity contribution in [3.63, 3.8) is 0 Å².